The summed E-state index contributed by atoms with van der Waals surface area (Å²) in [4.78, 5) is 27.8. The van der Waals surface area contributed by atoms with Gasteiger partial charge in [-0.25, -0.2) is 5.10 Å². The van der Waals surface area contributed by atoms with E-state index in [4.69, 9.17) is 10.5 Å². The summed E-state index contributed by atoms with van der Waals surface area (Å²) < 4.78 is 5.74. The molecule has 198 valence electrons. The fourth-order valence-electron chi connectivity index (χ4n) is 5.14. The van der Waals surface area contributed by atoms with Crippen molar-refractivity contribution < 1.29 is 14.3 Å². The third kappa shape index (κ3) is 5.18. The van der Waals surface area contributed by atoms with Gasteiger partial charge in [-0.3, -0.25) is 9.59 Å². The van der Waals surface area contributed by atoms with E-state index in [0.29, 0.717) is 31.0 Å². The molecule has 4 aromatic rings. The molecule has 0 unspecified atom stereocenters. The molecule has 0 bridgehead atoms. The molecule has 2 atom stereocenters. The number of nitrogens with zero attached hydrogens (tertiary/aromatic N) is 4. The molecule has 11 heteroatoms. The van der Waals surface area contributed by atoms with Gasteiger partial charge in [0.2, 0.25) is 11.8 Å². The Bertz CT molecular complexity index is 1440. The van der Waals surface area contributed by atoms with Crippen molar-refractivity contribution in [3.8, 4) is 17.1 Å². The average molecular weight is 536 g/mol. The number of para-hydroxylation sites is 1. The maximum atomic E-state index is 14.0. The number of likely N-dealkylation sites (N-methyl/N-ethyl adjacent to an activating group) is 1. The third-order valence-corrected chi connectivity index (χ3v) is 7.12. The number of tetrazole rings is 1. The zero-order valence-electron chi connectivity index (χ0n) is 21.2. The van der Waals surface area contributed by atoms with Crippen LogP contribution in [0.15, 0.2) is 54.6 Å². The smallest absolute Gasteiger partial charge is 0.234 e. The molecule has 0 saturated carbocycles. The first-order chi connectivity index (χ1) is 18.0. The Morgan fingerprint density at radius 2 is 2.05 bits per heavy atom. The highest BCUT2D eigenvalue weighted by molar-refractivity contribution is 5.98. The van der Waals surface area contributed by atoms with Gasteiger partial charge in [-0.15, -0.1) is 17.5 Å². The summed E-state index contributed by atoms with van der Waals surface area (Å²) in [5.41, 5.74) is 9.30. The van der Waals surface area contributed by atoms with E-state index in [1.807, 2.05) is 53.4 Å². The second-order valence-corrected chi connectivity index (χ2v) is 9.20. The molecule has 1 aliphatic rings. The second kappa shape index (κ2) is 11.6. The fourth-order valence-corrected chi connectivity index (χ4v) is 5.14. The van der Waals surface area contributed by atoms with Crippen molar-refractivity contribution in [3.05, 3.63) is 65.7 Å². The van der Waals surface area contributed by atoms with Gasteiger partial charge in [-0.2, -0.15) is 0 Å². The summed E-state index contributed by atoms with van der Waals surface area (Å²) in [5, 5.41) is 19.0. The van der Waals surface area contributed by atoms with Gasteiger partial charge in [0.1, 0.15) is 5.75 Å². The third-order valence-electron chi connectivity index (χ3n) is 7.12. The molecule has 0 radical (unpaired) electrons. The van der Waals surface area contributed by atoms with Crippen LogP contribution in [0.25, 0.3) is 22.2 Å². The Morgan fingerprint density at radius 1 is 1.24 bits per heavy atom. The number of ether oxygens (including phenoxy) is 1. The van der Waals surface area contributed by atoms with Gasteiger partial charge in [-0.1, -0.05) is 36.4 Å². The number of fused-ring (bicyclic) bond motifs is 2. The molecule has 5 rings (SSSR count). The summed E-state index contributed by atoms with van der Waals surface area (Å²) in [6.07, 6.45) is 1.72. The number of carbonyl (C=O) groups is 2. The predicted octanol–water partition coefficient (Wildman–Crippen LogP) is 3.01. The molecule has 0 fully saturated rings. The number of aromatic nitrogens is 4. The van der Waals surface area contributed by atoms with E-state index in [0.717, 1.165) is 39.6 Å². The lowest BCUT2D eigenvalue weighted by molar-refractivity contribution is -0.124. The number of benzene rings is 3. The molecule has 1 aliphatic heterocycles. The van der Waals surface area contributed by atoms with Gasteiger partial charge in [-0.05, 0) is 71.3 Å². The molecule has 10 nitrogen and oxygen atoms in total. The molecular formula is C27H30ClN7O3. The topological polar surface area (TPSA) is 139 Å². The Hall–Kier alpha value is -4.02. The summed E-state index contributed by atoms with van der Waals surface area (Å²) in [6, 6.07) is 17.2. The number of methoxy groups -OCH3 is 1. The van der Waals surface area contributed by atoms with E-state index in [1.165, 1.54) is 0 Å². The lowest BCUT2D eigenvalue weighted by Crippen LogP contribution is -2.44. The number of aryl methyl sites for hydroxylation is 1. The average Bonchev–Trinajstić information content (AvgIpc) is 3.42. The van der Waals surface area contributed by atoms with Gasteiger partial charge in [0.05, 0.1) is 19.7 Å². The number of nitrogens with two attached hydrogens (primary N) is 1. The lowest BCUT2D eigenvalue weighted by Gasteiger charge is -2.28. The van der Waals surface area contributed by atoms with E-state index >= 15 is 0 Å². The summed E-state index contributed by atoms with van der Waals surface area (Å²) in [6.45, 7) is 0.316. The van der Waals surface area contributed by atoms with Crippen molar-refractivity contribution in [2.24, 2.45) is 11.7 Å². The van der Waals surface area contributed by atoms with Gasteiger partial charge in [0, 0.05) is 22.7 Å². The van der Waals surface area contributed by atoms with E-state index in [1.54, 1.807) is 14.2 Å². The van der Waals surface area contributed by atoms with Crippen LogP contribution in [0, 0.1) is 5.92 Å². The Morgan fingerprint density at radius 3 is 2.76 bits per heavy atom. The van der Waals surface area contributed by atoms with E-state index < -0.39 is 11.9 Å². The zero-order chi connectivity index (χ0) is 25.9. The van der Waals surface area contributed by atoms with Crippen LogP contribution in [0.4, 0.5) is 5.69 Å². The molecular weight excluding hydrogens is 506 g/mol. The number of halogens is 1. The first-order valence-corrected chi connectivity index (χ1v) is 12.2. The Balaban J connectivity index is 0.00000336. The van der Waals surface area contributed by atoms with E-state index in [-0.39, 0.29) is 24.2 Å². The van der Waals surface area contributed by atoms with Crippen molar-refractivity contribution in [1.29, 1.82) is 0 Å². The highest BCUT2D eigenvalue weighted by Gasteiger charge is 2.33. The molecule has 38 heavy (non-hydrogen) atoms. The number of rotatable bonds is 8. The van der Waals surface area contributed by atoms with Crippen LogP contribution in [0.1, 0.15) is 24.0 Å². The maximum Gasteiger partial charge on any atom is 0.234 e. The van der Waals surface area contributed by atoms with Crippen LogP contribution in [0.2, 0.25) is 0 Å². The number of aromatic amines is 1. The van der Waals surface area contributed by atoms with Crippen LogP contribution in [-0.4, -0.2) is 52.6 Å². The number of primary amides is 1. The molecule has 2 heterocycles. The monoisotopic (exact) mass is 535 g/mol. The number of hydrogen-bond donors (Lipinski definition) is 3. The normalized spacial score (nSPS) is 15.9. The number of nitrogens with one attached hydrogen (secondary N) is 2. The number of carbonyl (C=O) groups excluding carboxylic acids is 2. The first kappa shape index (κ1) is 27.0. The molecule has 0 saturated heterocycles. The minimum absolute atomic E-state index is 0. The maximum absolute atomic E-state index is 14.0. The quantitative estimate of drug-likeness (QED) is 0.315. The van der Waals surface area contributed by atoms with Crippen LogP contribution < -0.4 is 20.7 Å². The van der Waals surface area contributed by atoms with Crippen molar-refractivity contribution >= 4 is 40.7 Å². The minimum atomic E-state index is -0.576. The number of amides is 2. The molecule has 2 amide bonds. The van der Waals surface area contributed by atoms with Crippen molar-refractivity contribution in [2.75, 3.05) is 19.1 Å². The first-order valence-electron chi connectivity index (χ1n) is 12.2. The molecule has 0 aliphatic carbocycles. The van der Waals surface area contributed by atoms with Crippen LogP contribution in [-0.2, 0) is 22.6 Å². The molecule has 3 aromatic carbocycles. The number of anilines is 1. The Labute approximate surface area is 226 Å². The second-order valence-electron chi connectivity index (χ2n) is 9.20. The minimum Gasteiger partial charge on any atom is -0.496 e. The SMILES string of the molecule is CN[C@@H](C[C@@H]1CCc2ccccc2N(Cc2c(OC)ccc3cc(-c4nnn[nH]4)ccc23)C1=O)C(N)=O.Cl. The van der Waals surface area contributed by atoms with Crippen LogP contribution >= 0.6 is 12.4 Å². The van der Waals surface area contributed by atoms with Gasteiger partial charge >= 0.3 is 0 Å². The molecule has 0 spiro atoms. The largest absolute Gasteiger partial charge is 0.496 e. The van der Waals surface area contributed by atoms with E-state index in [9.17, 15) is 9.59 Å². The summed E-state index contributed by atoms with van der Waals surface area (Å²) in [5.74, 6) is 0.418. The standard InChI is InChI=1S/C27H29N7O3.ClH/c1-29-22(25(28)35)14-19-8-7-16-5-3-4-6-23(16)34(27(19)36)15-21-20-11-9-18(26-30-32-33-31-26)13-17(20)10-12-24(21)37-2;/h3-6,9-13,19,22,29H,7-8,14-15H2,1-2H3,(H2,28,35)(H,30,31,32,33);1H/t19-,22-;/m0./s1. The highest BCUT2D eigenvalue weighted by atomic mass is 35.5. The van der Waals surface area contributed by atoms with Crippen LogP contribution in [0.3, 0.4) is 0 Å². The van der Waals surface area contributed by atoms with Gasteiger partial charge < -0.3 is 20.7 Å². The van der Waals surface area contributed by atoms with Gasteiger partial charge in [0.25, 0.3) is 0 Å². The van der Waals surface area contributed by atoms with Crippen molar-refractivity contribution in [2.45, 2.75) is 31.8 Å². The fraction of sp³-hybridized carbons (Fsp3) is 0.296. The summed E-state index contributed by atoms with van der Waals surface area (Å²) in [7, 11) is 3.32. The van der Waals surface area contributed by atoms with Gasteiger partial charge in [0.15, 0.2) is 5.82 Å². The zero-order valence-corrected chi connectivity index (χ0v) is 22.0. The number of hydrogen-bond acceptors (Lipinski definition) is 7. The van der Waals surface area contributed by atoms with Crippen molar-refractivity contribution in [3.63, 3.8) is 0 Å². The highest BCUT2D eigenvalue weighted by Crippen LogP contribution is 2.36. The van der Waals surface area contributed by atoms with E-state index in [2.05, 4.69) is 32.0 Å². The predicted molar refractivity (Wildman–Crippen MR) is 147 cm³/mol. The Kier molecular flexibility index (Phi) is 8.23. The number of H-pyrrole nitrogens is 1. The summed E-state index contributed by atoms with van der Waals surface area (Å²) >= 11 is 0. The lowest BCUT2D eigenvalue weighted by atomic mass is 9.93. The van der Waals surface area contributed by atoms with Crippen molar-refractivity contribution in [1.82, 2.24) is 25.9 Å². The molecule has 1 aromatic heterocycles. The van der Waals surface area contributed by atoms with Crippen LogP contribution in [0.5, 0.6) is 5.75 Å². The molecule has 4 N–H and O–H groups in total.